The van der Waals surface area contributed by atoms with Gasteiger partial charge in [0, 0.05) is 22.9 Å². The molecule has 156 valence electrons. The maximum Gasteiger partial charge on any atom is 0.262 e. The fourth-order valence-electron chi connectivity index (χ4n) is 2.89. The average Bonchev–Trinajstić information content (AvgIpc) is 2.74. The summed E-state index contributed by atoms with van der Waals surface area (Å²) >= 11 is 12.3. The molecule has 6 heteroatoms. The third-order valence-electron chi connectivity index (χ3n) is 4.69. The first kappa shape index (κ1) is 22.0. The number of nitrogens with one attached hydrogen (secondary N) is 2. The van der Waals surface area contributed by atoms with Crippen molar-refractivity contribution in [2.75, 3.05) is 17.2 Å². The number of carbonyl (C=O) groups is 1. The predicted molar refractivity (Wildman–Crippen MR) is 125 cm³/mol. The lowest BCUT2D eigenvalue weighted by Crippen LogP contribution is -2.20. The molecule has 0 aliphatic heterocycles. The molecule has 0 aliphatic rings. The number of benzene rings is 3. The summed E-state index contributed by atoms with van der Waals surface area (Å²) in [6, 6.07) is 19.2. The summed E-state index contributed by atoms with van der Waals surface area (Å²) in [4.78, 5) is 12.2. The highest BCUT2D eigenvalue weighted by Crippen LogP contribution is 2.26. The van der Waals surface area contributed by atoms with Crippen LogP contribution < -0.4 is 15.4 Å². The van der Waals surface area contributed by atoms with Crippen LogP contribution in [-0.2, 0) is 17.8 Å². The van der Waals surface area contributed by atoms with Crippen molar-refractivity contribution in [3.63, 3.8) is 0 Å². The third-order valence-corrected chi connectivity index (χ3v) is 5.22. The predicted octanol–water partition coefficient (Wildman–Crippen LogP) is 6.49. The van der Waals surface area contributed by atoms with E-state index in [1.807, 2.05) is 25.1 Å². The van der Waals surface area contributed by atoms with Crippen molar-refractivity contribution in [2.45, 2.75) is 26.8 Å². The highest BCUT2D eigenvalue weighted by atomic mass is 35.5. The van der Waals surface area contributed by atoms with E-state index < -0.39 is 0 Å². The van der Waals surface area contributed by atoms with E-state index in [0.717, 1.165) is 23.2 Å². The lowest BCUT2D eigenvalue weighted by molar-refractivity contribution is -0.118. The summed E-state index contributed by atoms with van der Waals surface area (Å²) < 4.78 is 5.59. The Labute approximate surface area is 187 Å². The van der Waals surface area contributed by atoms with E-state index in [2.05, 4.69) is 41.8 Å². The summed E-state index contributed by atoms with van der Waals surface area (Å²) in [6.45, 7) is 4.53. The van der Waals surface area contributed by atoms with Crippen LogP contribution in [0.4, 0.5) is 11.4 Å². The van der Waals surface area contributed by atoms with Crippen LogP contribution >= 0.6 is 23.2 Å². The lowest BCUT2D eigenvalue weighted by Gasteiger charge is -2.12. The van der Waals surface area contributed by atoms with Gasteiger partial charge in [-0.15, -0.1) is 0 Å². The van der Waals surface area contributed by atoms with E-state index in [9.17, 15) is 4.79 Å². The third kappa shape index (κ3) is 6.15. The molecule has 0 fully saturated rings. The van der Waals surface area contributed by atoms with Crippen molar-refractivity contribution in [2.24, 2.45) is 0 Å². The van der Waals surface area contributed by atoms with Crippen LogP contribution in [0.25, 0.3) is 0 Å². The molecule has 3 aromatic rings. The van der Waals surface area contributed by atoms with Crippen LogP contribution in [0.15, 0.2) is 60.7 Å². The molecule has 0 aliphatic carbocycles. The summed E-state index contributed by atoms with van der Waals surface area (Å²) in [6.07, 6.45) is 1.02. The molecule has 2 N–H and O–H groups in total. The Morgan fingerprint density at radius 3 is 2.40 bits per heavy atom. The van der Waals surface area contributed by atoms with Gasteiger partial charge in [0.05, 0.1) is 5.02 Å². The summed E-state index contributed by atoms with van der Waals surface area (Å²) in [5.41, 5.74) is 4.96. The Morgan fingerprint density at radius 1 is 0.967 bits per heavy atom. The Kier molecular flexibility index (Phi) is 7.61. The Hall–Kier alpha value is -2.69. The molecule has 0 saturated heterocycles. The van der Waals surface area contributed by atoms with Crippen molar-refractivity contribution < 1.29 is 9.53 Å². The standard InChI is InChI=1S/C24H24Cl2N2O2/c1-3-17-5-9-20(10-6-17)27-14-18-7-11-23(21(26)12-18)30-15-24(29)28-22-13-19(25)8-4-16(22)2/h4-13,27H,3,14-15H2,1-2H3,(H,28,29). The first-order chi connectivity index (χ1) is 14.4. The Balaban J connectivity index is 1.53. The van der Waals surface area contributed by atoms with E-state index in [1.165, 1.54) is 5.56 Å². The van der Waals surface area contributed by atoms with E-state index in [0.29, 0.717) is 28.0 Å². The maximum atomic E-state index is 12.2. The van der Waals surface area contributed by atoms with Gasteiger partial charge in [0.2, 0.25) is 0 Å². The molecule has 0 bridgehead atoms. The first-order valence-electron chi connectivity index (χ1n) is 9.74. The van der Waals surface area contributed by atoms with Crippen LogP contribution in [-0.4, -0.2) is 12.5 Å². The number of carbonyl (C=O) groups excluding carboxylic acids is 1. The molecule has 4 nitrogen and oxygen atoms in total. The molecule has 3 aromatic carbocycles. The van der Waals surface area contributed by atoms with E-state index in [-0.39, 0.29) is 12.5 Å². The molecule has 0 atom stereocenters. The molecule has 0 aromatic heterocycles. The van der Waals surface area contributed by atoms with Crippen LogP contribution in [0.1, 0.15) is 23.6 Å². The fourth-order valence-corrected chi connectivity index (χ4v) is 3.32. The zero-order chi connectivity index (χ0) is 21.5. The van der Waals surface area contributed by atoms with Gasteiger partial charge in [0.15, 0.2) is 6.61 Å². The van der Waals surface area contributed by atoms with Crippen molar-refractivity contribution in [1.82, 2.24) is 0 Å². The van der Waals surface area contributed by atoms with Crippen LogP contribution in [0.2, 0.25) is 10.0 Å². The van der Waals surface area contributed by atoms with Gasteiger partial charge in [-0.05, 0) is 66.4 Å². The van der Waals surface area contributed by atoms with Gasteiger partial charge in [0.25, 0.3) is 5.91 Å². The minimum atomic E-state index is -0.280. The second kappa shape index (κ2) is 10.4. The van der Waals surface area contributed by atoms with Crippen molar-refractivity contribution in [1.29, 1.82) is 0 Å². The van der Waals surface area contributed by atoms with Crippen molar-refractivity contribution >= 4 is 40.5 Å². The number of halogens is 2. The largest absolute Gasteiger partial charge is 0.482 e. The average molecular weight is 443 g/mol. The van der Waals surface area contributed by atoms with Gasteiger partial charge in [-0.2, -0.15) is 0 Å². The molecular weight excluding hydrogens is 419 g/mol. The highest BCUT2D eigenvalue weighted by molar-refractivity contribution is 6.32. The quantitative estimate of drug-likeness (QED) is 0.418. The molecule has 0 heterocycles. The van der Waals surface area contributed by atoms with Gasteiger partial charge < -0.3 is 15.4 Å². The normalized spacial score (nSPS) is 10.5. The molecule has 0 spiro atoms. The van der Waals surface area contributed by atoms with Gasteiger partial charge in [-0.25, -0.2) is 0 Å². The molecule has 1 amide bonds. The van der Waals surface area contributed by atoms with Crippen LogP contribution in [0.5, 0.6) is 5.75 Å². The summed E-state index contributed by atoms with van der Waals surface area (Å²) in [5, 5.41) is 7.19. The second-order valence-electron chi connectivity index (χ2n) is 6.96. The topological polar surface area (TPSA) is 50.4 Å². The number of aryl methyl sites for hydroxylation is 2. The number of ether oxygens (including phenoxy) is 1. The highest BCUT2D eigenvalue weighted by Gasteiger charge is 2.09. The molecule has 0 saturated carbocycles. The Morgan fingerprint density at radius 2 is 1.70 bits per heavy atom. The summed E-state index contributed by atoms with van der Waals surface area (Å²) in [7, 11) is 0. The first-order valence-corrected chi connectivity index (χ1v) is 10.5. The van der Waals surface area contributed by atoms with Gasteiger partial charge >= 0.3 is 0 Å². The molecular formula is C24H24Cl2N2O2. The molecule has 30 heavy (non-hydrogen) atoms. The lowest BCUT2D eigenvalue weighted by atomic mass is 10.1. The van der Waals surface area contributed by atoms with Crippen LogP contribution in [0.3, 0.4) is 0 Å². The van der Waals surface area contributed by atoms with Gasteiger partial charge in [-0.3, -0.25) is 4.79 Å². The SMILES string of the molecule is CCc1ccc(NCc2ccc(OCC(=O)Nc3cc(Cl)ccc3C)c(Cl)c2)cc1. The van der Waals surface area contributed by atoms with E-state index in [4.69, 9.17) is 27.9 Å². The van der Waals surface area contributed by atoms with Gasteiger partial charge in [0.1, 0.15) is 5.75 Å². The zero-order valence-corrected chi connectivity index (χ0v) is 18.5. The molecule has 0 radical (unpaired) electrons. The zero-order valence-electron chi connectivity index (χ0n) is 17.0. The number of amides is 1. The minimum Gasteiger partial charge on any atom is -0.482 e. The van der Waals surface area contributed by atoms with Crippen molar-refractivity contribution in [3.05, 3.63) is 87.4 Å². The summed E-state index contributed by atoms with van der Waals surface area (Å²) in [5.74, 6) is 0.184. The molecule has 3 rings (SSSR count). The second-order valence-corrected chi connectivity index (χ2v) is 7.81. The minimum absolute atomic E-state index is 0.146. The van der Waals surface area contributed by atoms with Crippen LogP contribution in [0, 0.1) is 6.92 Å². The number of hydrogen-bond acceptors (Lipinski definition) is 3. The maximum absolute atomic E-state index is 12.2. The van der Waals surface area contributed by atoms with E-state index >= 15 is 0 Å². The monoisotopic (exact) mass is 442 g/mol. The number of hydrogen-bond donors (Lipinski definition) is 2. The van der Waals surface area contributed by atoms with Gasteiger partial charge in [-0.1, -0.05) is 54.4 Å². The molecule has 0 unspecified atom stereocenters. The fraction of sp³-hybridized carbons (Fsp3) is 0.208. The van der Waals surface area contributed by atoms with E-state index in [1.54, 1.807) is 18.2 Å². The Bertz CT molecular complexity index is 1020. The number of rotatable bonds is 8. The number of anilines is 2. The smallest absolute Gasteiger partial charge is 0.262 e. The van der Waals surface area contributed by atoms with Crippen molar-refractivity contribution in [3.8, 4) is 5.75 Å².